The zero-order valence-corrected chi connectivity index (χ0v) is 17.8. The van der Waals surface area contributed by atoms with E-state index in [1.165, 1.54) is 16.9 Å². The first kappa shape index (κ1) is 22.0. The standard InChI is InChI=1S/C20H20N2O6S2/c1-28-19(27)13-6-4-12(5-7-13)11-15-17(24)22(20(29)30-15)10-8-16(23)21-9-2-3-14(21)18(25)26/h4-7,11,14H,2-3,8-10H2,1H3,(H,25,26). The van der Waals surface area contributed by atoms with Gasteiger partial charge in [-0.15, -0.1) is 0 Å². The fraction of sp³-hybridized carbons (Fsp3) is 0.350. The van der Waals surface area contributed by atoms with Crippen LogP contribution in [-0.4, -0.2) is 69.2 Å². The van der Waals surface area contributed by atoms with Crippen molar-refractivity contribution in [1.82, 2.24) is 9.80 Å². The van der Waals surface area contributed by atoms with Crippen LogP contribution < -0.4 is 0 Å². The molecule has 30 heavy (non-hydrogen) atoms. The minimum absolute atomic E-state index is 0.0112. The molecular weight excluding hydrogens is 428 g/mol. The van der Waals surface area contributed by atoms with Crippen LogP contribution >= 0.6 is 24.0 Å². The molecule has 1 aromatic carbocycles. The van der Waals surface area contributed by atoms with Crippen LogP contribution in [0.3, 0.4) is 0 Å². The molecule has 2 aliphatic rings. The third-order valence-corrected chi connectivity index (χ3v) is 6.29. The average Bonchev–Trinajstić information content (AvgIpc) is 3.32. The minimum Gasteiger partial charge on any atom is -0.480 e. The molecule has 0 radical (unpaired) electrons. The summed E-state index contributed by atoms with van der Waals surface area (Å²) in [6.07, 6.45) is 2.78. The molecule has 0 spiro atoms. The number of carboxylic acids is 1. The Kier molecular flexibility index (Phi) is 6.88. The summed E-state index contributed by atoms with van der Waals surface area (Å²) < 4.78 is 5.01. The van der Waals surface area contributed by atoms with E-state index in [9.17, 15) is 24.3 Å². The monoisotopic (exact) mass is 448 g/mol. The van der Waals surface area contributed by atoms with Crippen molar-refractivity contribution in [3.63, 3.8) is 0 Å². The van der Waals surface area contributed by atoms with Gasteiger partial charge in [0.25, 0.3) is 5.91 Å². The largest absolute Gasteiger partial charge is 0.480 e. The van der Waals surface area contributed by atoms with Gasteiger partial charge in [0.1, 0.15) is 10.4 Å². The Hall–Kier alpha value is -2.72. The summed E-state index contributed by atoms with van der Waals surface area (Å²) in [4.78, 5) is 51.0. The summed E-state index contributed by atoms with van der Waals surface area (Å²) in [6.45, 7) is 0.515. The number of thioether (sulfide) groups is 1. The molecule has 8 nitrogen and oxygen atoms in total. The number of esters is 1. The Balaban J connectivity index is 1.63. The topological polar surface area (TPSA) is 104 Å². The molecule has 2 aliphatic heterocycles. The number of rotatable bonds is 6. The van der Waals surface area contributed by atoms with Gasteiger partial charge in [-0.25, -0.2) is 9.59 Å². The summed E-state index contributed by atoms with van der Waals surface area (Å²) in [6, 6.07) is 5.80. The molecule has 2 heterocycles. The number of ether oxygens (including phenoxy) is 1. The van der Waals surface area contributed by atoms with Gasteiger partial charge < -0.3 is 14.7 Å². The lowest BCUT2D eigenvalue weighted by molar-refractivity contribution is -0.148. The first-order valence-electron chi connectivity index (χ1n) is 9.28. The Morgan fingerprint density at radius 1 is 1.30 bits per heavy atom. The number of carbonyl (C=O) groups excluding carboxylic acids is 3. The van der Waals surface area contributed by atoms with Gasteiger partial charge in [0.05, 0.1) is 17.6 Å². The summed E-state index contributed by atoms with van der Waals surface area (Å²) >= 11 is 6.42. The molecule has 0 aromatic heterocycles. The lowest BCUT2D eigenvalue weighted by atomic mass is 10.1. The number of likely N-dealkylation sites (tertiary alicyclic amines) is 1. The lowest BCUT2D eigenvalue weighted by Crippen LogP contribution is -2.42. The highest BCUT2D eigenvalue weighted by atomic mass is 32.2. The second-order valence-corrected chi connectivity index (χ2v) is 8.46. The second-order valence-electron chi connectivity index (χ2n) is 6.78. The normalized spacial score (nSPS) is 20.2. The van der Waals surface area contributed by atoms with Crippen molar-refractivity contribution in [2.45, 2.75) is 25.3 Å². The predicted octanol–water partition coefficient (Wildman–Crippen LogP) is 2.14. The molecule has 1 atom stereocenters. The highest BCUT2D eigenvalue weighted by Crippen LogP contribution is 2.33. The molecule has 1 N–H and O–H groups in total. The van der Waals surface area contributed by atoms with Gasteiger partial charge >= 0.3 is 11.9 Å². The van der Waals surface area contributed by atoms with E-state index in [-0.39, 0.29) is 24.8 Å². The van der Waals surface area contributed by atoms with Gasteiger partial charge in [0.15, 0.2) is 0 Å². The summed E-state index contributed by atoms with van der Waals surface area (Å²) in [5.74, 6) is -2.05. The predicted molar refractivity (Wildman–Crippen MR) is 115 cm³/mol. The molecule has 1 unspecified atom stereocenters. The van der Waals surface area contributed by atoms with Crippen molar-refractivity contribution >= 4 is 58.1 Å². The van der Waals surface area contributed by atoms with Crippen LogP contribution in [0, 0.1) is 0 Å². The number of aliphatic carboxylic acids is 1. The third-order valence-electron chi connectivity index (χ3n) is 4.91. The maximum Gasteiger partial charge on any atom is 0.337 e. The Labute approximate surface area is 182 Å². The number of carbonyl (C=O) groups is 4. The molecule has 2 saturated heterocycles. The van der Waals surface area contributed by atoms with Gasteiger partial charge in [0.2, 0.25) is 5.91 Å². The van der Waals surface area contributed by atoms with Crippen LogP contribution in [0.15, 0.2) is 29.2 Å². The summed E-state index contributed by atoms with van der Waals surface area (Å²) in [5, 5.41) is 9.22. The third kappa shape index (κ3) is 4.71. The van der Waals surface area contributed by atoms with E-state index >= 15 is 0 Å². The highest BCUT2D eigenvalue weighted by Gasteiger charge is 2.36. The van der Waals surface area contributed by atoms with Crippen molar-refractivity contribution in [3.8, 4) is 0 Å². The number of hydrogen-bond acceptors (Lipinski definition) is 7. The summed E-state index contributed by atoms with van der Waals surface area (Å²) in [7, 11) is 1.30. The van der Waals surface area contributed by atoms with Crippen LogP contribution in [0.1, 0.15) is 35.2 Å². The number of amides is 2. The van der Waals surface area contributed by atoms with Crippen LogP contribution in [0.4, 0.5) is 0 Å². The molecule has 1 aromatic rings. The van der Waals surface area contributed by atoms with E-state index in [1.54, 1.807) is 30.3 Å². The van der Waals surface area contributed by atoms with Gasteiger partial charge in [-0.3, -0.25) is 14.5 Å². The molecule has 3 rings (SSSR count). The first-order valence-corrected chi connectivity index (χ1v) is 10.5. The Morgan fingerprint density at radius 3 is 2.63 bits per heavy atom. The van der Waals surface area contributed by atoms with Gasteiger partial charge in [-0.2, -0.15) is 0 Å². The molecule has 0 aliphatic carbocycles. The van der Waals surface area contributed by atoms with Gasteiger partial charge in [0, 0.05) is 19.5 Å². The smallest absolute Gasteiger partial charge is 0.337 e. The van der Waals surface area contributed by atoms with Crippen LogP contribution in [-0.2, 0) is 19.1 Å². The van der Waals surface area contributed by atoms with E-state index in [1.807, 2.05) is 0 Å². The Bertz CT molecular complexity index is 928. The molecule has 2 fully saturated rings. The molecular formula is C20H20N2O6S2. The van der Waals surface area contributed by atoms with E-state index in [0.717, 1.165) is 17.3 Å². The van der Waals surface area contributed by atoms with E-state index in [0.29, 0.717) is 34.2 Å². The number of benzene rings is 1. The molecule has 2 amide bonds. The van der Waals surface area contributed by atoms with Crippen LogP contribution in [0.2, 0.25) is 0 Å². The maximum absolute atomic E-state index is 12.7. The van der Waals surface area contributed by atoms with E-state index in [2.05, 4.69) is 4.74 Å². The van der Waals surface area contributed by atoms with E-state index < -0.39 is 18.0 Å². The fourth-order valence-corrected chi connectivity index (χ4v) is 4.66. The van der Waals surface area contributed by atoms with Gasteiger partial charge in [-0.05, 0) is 36.6 Å². The zero-order valence-electron chi connectivity index (χ0n) is 16.2. The number of nitrogens with zero attached hydrogens (tertiary/aromatic N) is 2. The van der Waals surface area contributed by atoms with Crippen molar-refractivity contribution in [2.75, 3.05) is 20.2 Å². The quantitative estimate of drug-likeness (QED) is 0.401. The lowest BCUT2D eigenvalue weighted by Gasteiger charge is -2.22. The minimum atomic E-state index is -1.01. The molecule has 0 bridgehead atoms. The number of methoxy groups -OCH3 is 1. The van der Waals surface area contributed by atoms with Crippen molar-refractivity contribution in [1.29, 1.82) is 0 Å². The maximum atomic E-state index is 12.7. The van der Waals surface area contributed by atoms with Crippen molar-refractivity contribution in [2.24, 2.45) is 0 Å². The van der Waals surface area contributed by atoms with Crippen LogP contribution in [0.25, 0.3) is 6.08 Å². The summed E-state index contributed by atoms with van der Waals surface area (Å²) in [5.41, 5.74) is 1.13. The molecule has 10 heteroatoms. The highest BCUT2D eigenvalue weighted by molar-refractivity contribution is 8.26. The number of carboxylic acid groups (broad SMARTS) is 1. The van der Waals surface area contributed by atoms with Gasteiger partial charge in [-0.1, -0.05) is 36.1 Å². The number of thiocarbonyl (C=S) groups is 1. The molecule has 158 valence electrons. The average molecular weight is 449 g/mol. The van der Waals surface area contributed by atoms with Crippen molar-refractivity contribution in [3.05, 3.63) is 40.3 Å². The molecule has 0 saturated carbocycles. The fourth-order valence-electron chi connectivity index (χ4n) is 3.35. The first-order chi connectivity index (χ1) is 14.3. The second kappa shape index (κ2) is 9.40. The van der Waals surface area contributed by atoms with Crippen LogP contribution in [0.5, 0.6) is 0 Å². The number of hydrogen-bond donors (Lipinski definition) is 1. The Morgan fingerprint density at radius 2 is 2.00 bits per heavy atom. The zero-order chi connectivity index (χ0) is 21.8. The van der Waals surface area contributed by atoms with Crippen molar-refractivity contribution < 1.29 is 29.0 Å². The van der Waals surface area contributed by atoms with E-state index in [4.69, 9.17) is 12.2 Å². The SMILES string of the molecule is COC(=O)c1ccc(C=C2SC(=S)N(CCC(=O)N3CCCC3C(=O)O)C2=O)cc1.